The number of para-hydroxylation sites is 2. The van der Waals surface area contributed by atoms with Crippen LogP contribution < -0.4 is 16.4 Å². The van der Waals surface area contributed by atoms with Crippen molar-refractivity contribution in [3.8, 4) is 0 Å². The van der Waals surface area contributed by atoms with Gasteiger partial charge in [-0.05, 0) is 67.4 Å². The third kappa shape index (κ3) is 7.93. The second-order valence-corrected chi connectivity index (χ2v) is 8.66. The summed E-state index contributed by atoms with van der Waals surface area (Å²) in [4.78, 5) is 0. The smallest absolute Gasteiger partial charge is 0.397 e. The van der Waals surface area contributed by atoms with E-state index < -0.39 is 23.8 Å². The van der Waals surface area contributed by atoms with Crippen LogP contribution in [-0.2, 0) is 0 Å². The molecule has 3 nitrogen and oxygen atoms in total. The van der Waals surface area contributed by atoms with E-state index in [1.807, 2.05) is 18.2 Å². The molecule has 38 heavy (non-hydrogen) atoms. The number of halogens is 6. The average molecular weight is 532 g/mol. The first-order chi connectivity index (χ1) is 17.8. The Bertz CT molecular complexity index is 1310. The lowest BCUT2D eigenvalue weighted by Gasteiger charge is -2.24. The number of nitrogen functional groups attached to an aromatic ring is 1. The van der Waals surface area contributed by atoms with Gasteiger partial charge in [-0.1, -0.05) is 60.2 Å². The van der Waals surface area contributed by atoms with Gasteiger partial charge in [0.15, 0.2) is 5.92 Å². The van der Waals surface area contributed by atoms with Crippen LogP contribution in [0.2, 0.25) is 0 Å². The zero-order valence-corrected chi connectivity index (χ0v) is 20.7. The third-order valence-corrected chi connectivity index (χ3v) is 5.55. The minimum Gasteiger partial charge on any atom is -0.397 e. The summed E-state index contributed by atoms with van der Waals surface area (Å²) in [5.41, 5.74) is 10.2. The van der Waals surface area contributed by atoms with E-state index in [1.54, 1.807) is 30.3 Å². The molecule has 0 saturated heterocycles. The summed E-state index contributed by atoms with van der Waals surface area (Å²) in [5, 5.41) is 6.23. The molecule has 0 spiro atoms. The fourth-order valence-corrected chi connectivity index (χ4v) is 3.75. The Balaban J connectivity index is 0.000000230. The number of rotatable bonds is 5. The van der Waals surface area contributed by atoms with Crippen LogP contribution in [-0.4, -0.2) is 12.4 Å². The van der Waals surface area contributed by atoms with Crippen LogP contribution >= 0.6 is 0 Å². The van der Waals surface area contributed by atoms with Crippen LogP contribution in [0, 0.1) is 13.8 Å². The first-order valence-corrected chi connectivity index (χ1v) is 11.6. The molecule has 0 aliphatic heterocycles. The summed E-state index contributed by atoms with van der Waals surface area (Å²) < 4.78 is 76.2. The lowest BCUT2D eigenvalue weighted by Crippen LogP contribution is -2.34. The fourth-order valence-electron chi connectivity index (χ4n) is 3.75. The maximum Gasteiger partial charge on any atom is 0.404 e. The second kappa shape index (κ2) is 11.9. The van der Waals surface area contributed by atoms with Crippen molar-refractivity contribution in [3.05, 3.63) is 114 Å². The number of aryl methyl sites for hydroxylation is 2. The molecule has 9 heteroatoms. The molecule has 4 N–H and O–H groups in total. The van der Waals surface area contributed by atoms with Crippen molar-refractivity contribution in [1.29, 1.82) is 0 Å². The quantitative estimate of drug-likeness (QED) is 0.178. The predicted octanol–water partition coefficient (Wildman–Crippen LogP) is 9.27. The highest BCUT2D eigenvalue weighted by Gasteiger charge is 2.57. The molecule has 0 aliphatic carbocycles. The first-order valence-electron chi connectivity index (χ1n) is 11.6. The van der Waals surface area contributed by atoms with Crippen LogP contribution in [0.5, 0.6) is 0 Å². The Morgan fingerprint density at radius 2 is 1.08 bits per heavy atom. The van der Waals surface area contributed by atoms with Crippen molar-refractivity contribution in [1.82, 2.24) is 0 Å². The van der Waals surface area contributed by atoms with E-state index in [0.29, 0.717) is 11.8 Å². The normalized spacial score (nSPS) is 11.5. The molecule has 4 aromatic carbocycles. The molecule has 0 aromatic heterocycles. The lowest BCUT2D eigenvalue weighted by molar-refractivity contribution is -0.253. The molecule has 0 aliphatic rings. The minimum atomic E-state index is -5.45. The van der Waals surface area contributed by atoms with Crippen molar-refractivity contribution in [2.75, 3.05) is 16.4 Å². The minimum absolute atomic E-state index is 0.204. The highest BCUT2D eigenvalue weighted by molar-refractivity contribution is 5.73. The maximum absolute atomic E-state index is 12.7. The number of alkyl halides is 6. The molecule has 0 bridgehead atoms. The fraction of sp³-hybridized carbons (Fsp3) is 0.172. The van der Waals surface area contributed by atoms with Gasteiger partial charge in [0.25, 0.3) is 0 Å². The van der Waals surface area contributed by atoms with Crippen molar-refractivity contribution in [3.63, 3.8) is 0 Å². The molecule has 0 unspecified atom stereocenters. The van der Waals surface area contributed by atoms with Crippen LogP contribution in [0.15, 0.2) is 97.1 Å². The first kappa shape index (κ1) is 28.4. The highest BCUT2D eigenvalue weighted by atomic mass is 19.4. The summed E-state index contributed by atoms with van der Waals surface area (Å²) in [7, 11) is 0. The van der Waals surface area contributed by atoms with Gasteiger partial charge in [-0.2, -0.15) is 26.3 Å². The van der Waals surface area contributed by atoms with Crippen LogP contribution in [0.25, 0.3) is 0 Å². The van der Waals surface area contributed by atoms with Gasteiger partial charge in [0.1, 0.15) is 0 Å². The van der Waals surface area contributed by atoms with Gasteiger partial charge < -0.3 is 16.4 Å². The number of anilines is 5. The van der Waals surface area contributed by atoms with Gasteiger partial charge in [0.2, 0.25) is 0 Å². The van der Waals surface area contributed by atoms with E-state index in [9.17, 15) is 26.3 Å². The molecule has 0 fully saturated rings. The van der Waals surface area contributed by atoms with Crippen molar-refractivity contribution >= 4 is 28.4 Å². The molecule has 4 rings (SSSR count). The summed E-state index contributed by atoms with van der Waals surface area (Å²) in [5.74, 6) is -3.57. The van der Waals surface area contributed by atoms with Gasteiger partial charge in [-0.15, -0.1) is 0 Å². The number of nitrogens with two attached hydrogens (primary N) is 1. The zero-order chi connectivity index (χ0) is 27.9. The van der Waals surface area contributed by atoms with Crippen molar-refractivity contribution < 1.29 is 26.3 Å². The molecule has 0 saturated carbocycles. The van der Waals surface area contributed by atoms with E-state index in [2.05, 4.69) is 54.8 Å². The van der Waals surface area contributed by atoms with Gasteiger partial charge in [-0.3, -0.25) is 0 Å². The van der Waals surface area contributed by atoms with Gasteiger partial charge in [0, 0.05) is 17.1 Å². The number of nitrogens with one attached hydrogen (secondary N) is 2. The Morgan fingerprint density at radius 3 is 1.53 bits per heavy atom. The molecule has 0 atom stereocenters. The molecule has 200 valence electrons. The Kier molecular flexibility index (Phi) is 8.93. The van der Waals surface area contributed by atoms with Gasteiger partial charge in [-0.25, -0.2) is 0 Å². The van der Waals surface area contributed by atoms with Crippen molar-refractivity contribution in [2.24, 2.45) is 0 Å². The molecule has 0 heterocycles. The topological polar surface area (TPSA) is 50.1 Å². The van der Waals surface area contributed by atoms with Crippen LogP contribution in [0.4, 0.5) is 54.8 Å². The molecular formula is C29H27F6N3. The molecular weight excluding hydrogens is 504 g/mol. The zero-order valence-electron chi connectivity index (χ0n) is 20.7. The monoisotopic (exact) mass is 531 g/mol. The SMILES string of the molecule is Cc1ccc(Nc2ccccc2)c(C)c1.Nc1cc(C(C(F)(F)F)C(F)(F)F)ccc1Nc1ccccc1. The van der Waals surface area contributed by atoms with Crippen molar-refractivity contribution in [2.45, 2.75) is 32.1 Å². The summed E-state index contributed by atoms with van der Waals surface area (Å²) >= 11 is 0. The number of hydrogen-bond acceptors (Lipinski definition) is 3. The summed E-state index contributed by atoms with van der Waals surface area (Å²) in [6, 6.07) is 27.8. The highest BCUT2D eigenvalue weighted by Crippen LogP contribution is 2.47. The van der Waals surface area contributed by atoms with E-state index in [0.717, 1.165) is 17.8 Å². The number of benzene rings is 4. The Morgan fingerprint density at radius 1 is 0.605 bits per heavy atom. The standard InChI is InChI=1S/C15H12F6N2.C14H15N/c16-14(17,18)13(15(19,20)21)9-6-7-12(11(22)8-9)23-10-4-2-1-3-5-10;1-11-8-9-14(12(2)10-11)15-13-6-4-3-5-7-13/h1-8,13,23H,22H2;3-10,15H,1-2H3. The third-order valence-electron chi connectivity index (χ3n) is 5.55. The van der Waals surface area contributed by atoms with Crippen LogP contribution in [0.3, 0.4) is 0 Å². The Labute approximate surface area is 217 Å². The average Bonchev–Trinajstić information content (AvgIpc) is 2.83. The molecule has 0 amide bonds. The predicted molar refractivity (Wildman–Crippen MR) is 141 cm³/mol. The van der Waals surface area contributed by atoms with Gasteiger partial charge >= 0.3 is 12.4 Å². The van der Waals surface area contributed by atoms with Crippen LogP contribution in [0.1, 0.15) is 22.6 Å². The Hall–Kier alpha value is -4.14. The van der Waals surface area contributed by atoms with E-state index >= 15 is 0 Å². The summed E-state index contributed by atoms with van der Waals surface area (Å²) in [6.07, 6.45) is -10.9. The van der Waals surface area contributed by atoms with E-state index in [4.69, 9.17) is 5.73 Å². The second-order valence-electron chi connectivity index (χ2n) is 8.66. The largest absolute Gasteiger partial charge is 0.404 e. The number of hydrogen-bond donors (Lipinski definition) is 3. The van der Waals surface area contributed by atoms with E-state index in [-0.39, 0.29) is 11.4 Å². The molecule has 0 radical (unpaired) electrons. The van der Waals surface area contributed by atoms with E-state index in [1.165, 1.54) is 16.8 Å². The molecule has 4 aromatic rings. The van der Waals surface area contributed by atoms with Gasteiger partial charge in [0.05, 0.1) is 11.4 Å². The lowest BCUT2D eigenvalue weighted by atomic mass is 9.97. The maximum atomic E-state index is 12.7. The summed E-state index contributed by atoms with van der Waals surface area (Å²) in [6.45, 7) is 4.23.